The SMILES string of the molecule is COc1cccc(C#CC(=O)CP(=O)(OC)OC)c1. The number of ketones is 1. The second-order valence-corrected chi connectivity index (χ2v) is 5.81. The standard InChI is InChI=1S/C13H15O5P/c1-16-13-6-4-5-11(9-13)7-8-12(14)10-19(15,17-2)18-3/h4-6,9H,10H2,1-3H3. The van der Waals surface area contributed by atoms with Gasteiger partial charge in [-0.1, -0.05) is 12.0 Å². The summed E-state index contributed by atoms with van der Waals surface area (Å²) in [5.41, 5.74) is 0.636. The molecule has 1 aromatic rings. The number of Topliss-reactive ketones (excluding diaryl/α,β-unsaturated/α-hetero) is 1. The van der Waals surface area contributed by atoms with Gasteiger partial charge in [0, 0.05) is 19.8 Å². The first-order valence-corrected chi connectivity index (χ1v) is 7.15. The van der Waals surface area contributed by atoms with E-state index in [2.05, 4.69) is 20.9 Å². The average Bonchev–Trinajstić information content (AvgIpc) is 2.45. The Kier molecular flexibility index (Phi) is 5.78. The van der Waals surface area contributed by atoms with Crippen molar-refractivity contribution in [2.75, 3.05) is 27.5 Å². The zero-order valence-corrected chi connectivity index (χ0v) is 11.9. The lowest BCUT2D eigenvalue weighted by Crippen LogP contribution is -2.05. The van der Waals surface area contributed by atoms with Crippen LogP contribution in [0.2, 0.25) is 0 Å². The highest BCUT2D eigenvalue weighted by Crippen LogP contribution is 2.45. The highest BCUT2D eigenvalue weighted by Gasteiger charge is 2.24. The van der Waals surface area contributed by atoms with Gasteiger partial charge in [0.15, 0.2) is 0 Å². The summed E-state index contributed by atoms with van der Waals surface area (Å²) >= 11 is 0. The molecule has 19 heavy (non-hydrogen) atoms. The molecule has 0 aliphatic rings. The number of ether oxygens (including phenoxy) is 1. The van der Waals surface area contributed by atoms with E-state index in [-0.39, 0.29) is 6.16 Å². The van der Waals surface area contributed by atoms with Crippen molar-refractivity contribution in [1.29, 1.82) is 0 Å². The van der Waals surface area contributed by atoms with Crippen molar-refractivity contribution in [3.05, 3.63) is 29.8 Å². The molecule has 102 valence electrons. The van der Waals surface area contributed by atoms with E-state index < -0.39 is 13.4 Å². The molecule has 0 aliphatic carbocycles. The molecule has 0 fully saturated rings. The number of hydrogen-bond donors (Lipinski definition) is 0. The number of benzene rings is 1. The van der Waals surface area contributed by atoms with Gasteiger partial charge in [0.05, 0.1) is 7.11 Å². The van der Waals surface area contributed by atoms with Crippen LogP contribution in [0.1, 0.15) is 5.56 Å². The molecule has 0 amide bonds. The summed E-state index contributed by atoms with van der Waals surface area (Å²) in [5.74, 6) is 5.22. The fourth-order valence-electron chi connectivity index (χ4n) is 1.26. The summed E-state index contributed by atoms with van der Waals surface area (Å²) < 4.78 is 26.1. The zero-order valence-electron chi connectivity index (χ0n) is 11.0. The van der Waals surface area contributed by atoms with E-state index >= 15 is 0 Å². The first-order valence-electron chi connectivity index (χ1n) is 5.42. The minimum absolute atomic E-state index is 0.364. The quantitative estimate of drug-likeness (QED) is 0.611. The van der Waals surface area contributed by atoms with Gasteiger partial charge in [-0.2, -0.15) is 0 Å². The van der Waals surface area contributed by atoms with E-state index in [1.807, 2.05) is 0 Å². The van der Waals surface area contributed by atoms with Crippen molar-refractivity contribution in [3.8, 4) is 17.6 Å². The molecule has 1 rings (SSSR count). The van der Waals surface area contributed by atoms with Crippen LogP contribution in [-0.4, -0.2) is 33.3 Å². The largest absolute Gasteiger partial charge is 0.497 e. The van der Waals surface area contributed by atoms with E-state index in [0.717, 1.165) is 0 Å². The highest BCUT2D eigenvalue weighted by molar-refractivity contribution is 7.54. The fourth-order valence-corrected chi connectivity index (χ4v) is 2.10. The van der Waals surface area contributed by atoms with Crippen LogP contribution in [0.3, 0.4) is 0 Å². The normalized spacial score (nSPS) is 10.5. The maximum absolute atomic E-state index is 11.7. The molecule has 0 heterocycles. The number of methoxy groups -OCH3 is 1. The number of carbonyl (C=O) groups excluding carboxylic acids is 1. The minimum atomic E-state index is -3.35. The minimum Gasteiger partial charge on any atom is -0.497 e. The second kappa shape index (κ2) is 7.10. The Morgan fingerprint density at radius 1 is 1.26 bits per heavy atom. The molecule has 0 bridgehead atoms. The van der Waals surface area contributed by atoms with Gasteiger partial charge in [-0.3, -0.25) is 9.36 Å². The van der Waals surface area contributed by atoms with Crippen LogP contribution in [0, 0.1) is 11.8 Å². The third-order valence-corrected chi connectivity index (χ3v) is 4.10. The third kappa shape index (κ3) is 4.88. The predicted octanol–water partition coefficient (Wildman–Crippen LogP) is 2.10. The Hall–Kier alpha value is -1.60. The second-order valence-electron chi connectivity index (χ2n) is 3.54. The number of hydrogen-bond acceptors (Lipinski definition) is 5. The molecule has 1 aromatic carbocycles. The van der Waals surface area contributed by atoms with Gasteiger partial charge < -0.3 is 13.8 Å². The monoisotopic (exact) mass is 282 g/mol. The fraction of sp³-hybridized carbons (Fsp3) is 0.308. The zero-order chi connectivity index (χ0) is 14.3. The van der Waals surface area contributed by atoms with Crippen molar-refractivity contribution >= 4 is 13.4 Å². The predicted molar refractivity (Wildman–Crippen MR) is 71.4 cm³/mol. The van der Waals surface area contributed by atoms with Crippen LogP contribution >= 0.6 is 7.60 Å². The lowest BCUT2D eigenvalue weighted by Gasteiger charge is -2.10. The van der Waals surface area contributed by atoms with Crippen molar-refractivity contribution in [2.24, 2.45) is 0 Å². The van der Waals surface area contributed by atoms with Gasteiger partial charge >= 0.3 is 7.60 Å². The highest BCUT2D eigenvalue weighted by atomic mass is 31.2. The lowest BCUT2D eigenvalue weighted by molar-refractivity contribution is -0.111. The van der Waals surface area contributed by atoms with Crippen LogP contribution in [0.15, 0.2) is 24.3 Å². The van der Waals surface area contributed by atoms with Crippen LogP contribution in [0.25, 0.3) is 0 Å². The van der Waals surface area contributed by atoms with Gasteiger partial charge in [-0.25, -0.2) is 0 Å². The van der Waals surface area contributed by atoms with Crippen LogP contribution in [0.4, 0.5) is 0 Å². The molecule has 0 unspecified atom stereocenters. The Bertz CT molecular complexity index is 548. The molecule has 0 N–H and O–H groups in total. The van der Waals surface area contributed by atoms with Crippen LogP contribution < -0.4 is 4.74 Å². The van der Waals surface area contributed by atoms with E-state index in [0.29, 0.717) is 11.3 Å². The molecular formula is C13H15O5P. The Morgan fingerprint density at radius 2 is 1.95 bits per heavy atom. The first kappa shape index (κ1) is 15.5. The molecule has 0 saturated heterocycles. The number of rotatable bonds is 5. The van der Waals surface area contributed by atoms with E-state index in [4.69, 9.17) is 4.74 Å². The smallest absolute Gasteiger partial charge is 0.338 e. The third-order valence-electron chi connectivity index (χ3n) is 2.31. The molecule has 6 heteroatoms. The summed E-state index contributed by atoms with van der Waals surface area (Å²) in [5, 5.41) is 0. The first-order chi connectivity index (χ1) is 9.03. The van der Waals surface area contributed by atoms with Crippen molar-refractivity contribution in [1.82, 2.24) is 0 Å². The topological polar surface area (TPSA) is 61.8 Å². The van der Waals surface area contributed by atoms with Gasteiger partial charge in [0.2, 0.25) is 5.78 Å². The van der Waals surface area contributed by atoms with Crippen LogP contribution in [-0.2, 0) is 18.4 Å². The molecule has 0 aromatic heterocycles. The van der Waals surface area contributed by atoms with E-state index in [1.54, 1.807) is 31.4 Å². The van der Waals surface area contributed by atoms with Crippen LogP contribution in [0.5, 0.6) is 5.75 Å². The summed E-state index contributed by atoms with van der Waals surface area (Å²) in [7, 11) is 0.655. The van der Waals surface area contributed by atoms with Gasteiger partial charge in [0.1, 0.15) is 11.9 Å². The lowest BCUT2D eigenvalue weighted by atomic mass is 10.2. The summed E-state index contributed by atoms with van der Waals surface area (Å²) in [4.78, 5) is 11.6. The Labute approximate surface area is 112 Å². The summed E-state index contributed by atoms with van der Waals surface area (Å²) in [6.45, 7) is 0. The summed E-state index contributed by atoms with van der Waals surface area (Å²) in [6, 6.07) is 6.99. The average molecular weight is 282 g/mol. The number of carbonyl (C=O) groups is 1. The Balaban J connectivity index is 2.77. The molecular weight excluding hydrogens is 267 g/mol. The molecule has 5 nitrogen and oxygen atoms in total. The van der Waals surface area contributed by atoms with Gasteiger partial charge in [-0.15, -0.1) is 0 Å². The van der Waals surface area contributed by atoms with Gasteiger partial charge in [0.25, 0.3) is 0 Å². The van der Waals surface area contributed by atoms with E-state index in [9.17, 15) is 9.36 Å². The van der Waals surface area contributed by atoms with E-state index in [1.165, 1.54) is 14.2 Å². The summed E-state index contributed by atoms with van der Waals surface area (Å²) in [6.07, 6.45) is -0.364. The molecule has 0 saturated carbocycles. The molecule has 0 spiro atoms. The van der Waals surface area contributed by atoms with Gasteiger partial charge in [-0.05, 0) is 24.1 Å². The maximum Gasteiger partial charge on any atom is 0.338 e. The van der Waals surface area contributed by atoms with Crippen molar-refractivity contribution in [2.45, 2.75) is 0 Å². The van der Waals surface area contributed by atoms with Crippen molar-refractivity contribution in [3.63, 3.8) is 0 Å². The molecule has 0 atom stereocenters. The van der Waals surface area contributed by atoms with Crippen molar-refractivity contribution < 1.29 is 23.1 Å². The maximum atomic E-state index is 11.7. The Morgan fingerprint density at radius 3 is 2.53 bits per heavy atom. The molecule has 0 radical (unpaired) electrons. The molecule has 0 aliphatic heterocycles.